The van der Waals surface area contributed by atoms with Gasteiger partial charge in [-0.05, 0) is 13.8 Å². The molecule has 0 aliphatic rings. The van der Waals surface area contributed by atoms with Gasteiger partial charge in [-0.15, -0.1) is 0 Å². The van der Waals surface area contributed by atoms with Gasteiger partial charge in [0.05, 0.1) is 12.4 Å². The summed E-state index contributed by atoms with van der Waals surface area (Å²) in [5.74, 6) is 0.819. The normalized spacial score (nSPS) is 10.3. The SMILES string of the molecule is CC(C)N(C)c1cnc(C(N)=S)cn1. The van der Waals surface area contributed by atoms with E-state index in [2.05, 4.69) is 23.8 Å². The number of nitrogens with two attached hydrogens (primary N) is 1. The Morgan fingerprint density at radius 3 is 2.43 bits per heavy atom. The van der Waals surface area contributed by atoms with E-state index in [4.69, 9.17) is 18.0 Å². The molecule has 0 saturated carbocycles. The minimum Gasteiger partial charge on any atom is -0.388 e. The lowest BCUT2D eigenvalue weighted by Gasteiger charge is -2.21. The Hall–Kier alpha value is -1.23. The molecule has 1 aromatic heterocycles. The first-order chi connectivity index (χ1) is 6.52. The fourth-order valence-electron chi connectivity index (χ4n) is 0.895. The molecule has 0 saturated heterocycles. The highest BCUT2D eigenvalue weighted by Gasteiger charge is 2.07. The highest BCUT2D eigenvalue weighted by molar-refractivity contribution is 7.80. The second kappa shape index (κ2) is 4.32. The van der Waals surface area contributed by atoms with Gasteiger partial charge in [0.15, 0.2) is 0 Å². The molecule has 0 radical (unpaired) electrons. The quantitative estimate of drug-likeness (QED) is 0.753. The first-order valence-corrected chi connectivity index (χ1v) is 4.78. The van der Waals surface area contributed by atoms with Crippen LogP contribution in [0.25, 0.3) is 0 Å². The van der Waals surface area contributed by atoms with Gasteiger partial charge in [0, 0.05) is 13.1 Å². The molecule has 0 aliphatic heterocycles. The van der Waals surface area contributed by atoms with E-state index in [-0.39, 0.29) is 4.99 Å². The molecule has 1 heterocycles. The highest BCUT2D eigenvalue weighted by atomic mass is 32.1. The predicted octanol–water partition coefficient (Wildman–Crippen LogP) is 0.955. The Balaban J connectivity index is 2.88. The van der Waals surface area contributed by atoms with Crippen LogP contribution in [0.5, 0.6) is 0 Å². The standard InChI is InChI=1S/C9H14N4S/c1-6(2)13(3)8-5-11-7(4-12-8)9(10)14/h4-6H,1-3H3,(H2,10,14). The van der Waals surface area contributed by atoms with Crippen molar-refractivity contribution in [3.8, 4) is 0 Å². The molecule has 0 fully saturated rings. The fourth-order valence-corrected chi connectivity index (χ4v) is 1.00. The van der Waals surface area contributed by atoms with E-state index in [0.29, 0.717) is 11.7 Å². The second-order valence-electron chi connectivity index (χ2n) is 3.33. The van der Waals surface area contributed by atoms with Crippen LogP contribution in [0, 0.1) is 0 Å². The van der Waals surface area contributed by atoms with Gasteiger partial charge in [0.2, 0.25) is 0 Å². The summed E-state index contributed by atoms with van der Waals surface area (Å²) < 4.78 is 0. The summed E-state index contributed by atoms with van der Waals surface area (Å²) in [6, 6.07) is 0.389. The molecule has 0 spiro atoms. The molecule has 0 bridgehead atoms. The third-order valence-corrected chi connectivity index (χ3v) is 2.24. The lowest BCUT2D eigenvalue weighted by atomic mass is 10.3. The molecule has 0 aromatic carbocycles. The molecule has 0 atom stereocenters. The third-order valence-electron chi connectivity index (χ3n) is 2.03. The Morgan fingerprint density at radius 1 is 1.43 bits per heavy atom. The average Bonchev–Trinajstić information content (AvgIpc) is 2.16. The van der Waals surface area contributed by atoms with Crippen LogP contribution in [0.2, 0.25) is 0 Å². The zero-order chi connectivity index (χ0) is 10.7. The summed E-state index contributed by atoms with van der Waals surface area (Å²) in [7, 11) is 1.97. The summed E-state index contributed by atoms with van der Waals surface area (Å²) in [4.78, 5) is 10.6. The van der Waals surface area contributed by atoms with Crippen molar-refractivity contribution in [2.45, 2.75) is 19.9 Å². The van der Waals surface area contributed by atoms with Crippen molar-refractivity contribution in [1.82, 2.24) is 9.97 Å². The van der Waals surface area contributed by atoms with Crippen LogP contribution < -0.4 is 10.6 Å². The number of hydrogen-bond acceptors (Lipinski definition) is 4. The van der Waals surface area contributed by atoms with E-state index in [1.165, 1.54) is 0 Å². The van der Waals surface area contributed by atoms with Gasteiger partial charge in [-0.1, -0.05) is 12.2 Å². The molecule has 0 amide bonds. The van der Waals surface area contributed by atoms with Crippen LogP contribution in [0.4, 0.5) is 5.82 Å². The van der Waals surface area contributed by atoms with Crippen molar-refractivity contribution in [2.24, 2.45) is 5.73 Å². The van der Waals surface area contributed by atoms with E-state index < -0.39 is 0 Å². The molecule has 1 aromatic rings. The summed E-state index contributed by atoms with van der Waals surface area (Å²) in [6.45, 7) is 4.17. The van der Waals surface area contributed by atoms with E-state index in [0.717, 1.165) is 5.82 Å². The van der Waals surface area contributed by atoms with E-state index in [9.17, 15) is 0 Å². The van der Waals surface area contributed by atoms with Crippen molar-refractivity contribution in [1.29, 1.82) is 0 Å². The van der Waals surface area contributed by atoms with Crippen LogP contribution in [0.1, 0.15) is 19.5 Å². The van der Waals surface area contributed by atoms with Crippen LogP contribution in [-0.4, -0.2) is 28.0 Å². The number of thiocarbonyl (C=S) groups is 1. The number of anilines is 1. The molecule has 4 nitrogen and oxygen atoms in total. The molecule has 14 heavy (non-hydrogen) atoms. The smallest absolute Gasteiger partial charge is 0.147 e. The van der Waals surface area contributed by atoms with Gasteiger partial charge < -0.3 is 10.6 Å². The van der Waals surface area contributed by atoms with Crippen LogP contribution in [0.3, 0.4) is 0 Å². The van der Waals surface area contributed by atoms with Gasteiger partial charge in [-0.3, -0.25) is 0 Å². The largest absolute Gasteiger partial charge is 0.388 e. The minimum atomic E-state index is 0.274. The van der Waals surface area contributed by atoms with Crippen molar-refractivity contribution in [3.05, 3.63) is 18.1 Å². The van der Waals surface area contributed by atoms with Crippen LogP contribution in [0.15, 0.2) is 12.4 Å². The molecule has 5 heteroatoms. The van der Waals surface area contributed by atoms with Gasteiger partial charge >= 0.3 is 0 Å². The molecule has 0 unspecified atom stereocenters. The third kappa shape index (κ3) is 2.38. The molecular weight excluding hydrogens is 196 g/mol. The summed E-state index contributed by atoms with van der Waals surface area (Å²) in [5, 5.41) is 0. The maximum absolute atomic E-state index is 5.42. The zero-order valence-corrected chi connectivity index (χ0v) is 9.38. The van der Waals surface area contributed by atoms with Gasteiger partial charge in [0.1, 0.15) is 16.5 Å². The molecule has 0 aliphatic carbocycles. The van der Waals surface area contributed by atoms with E-state index in [1.807, 2.05) is 11.9 Å². The van der Waals surface area contributed by atoms with E-state index >= 15 is 0 Å². The Morgan fingerprint density at radius 2 is 2.07 bits per heavy atom. The maximum atomic E-state index is 5.42. The van der Waals surface area contributed by atoms with Gasteiger partial charge in [0.25, 0.3) is 0 Å². The highest BCUT2D eigenvalue weighted by Crippen LogP contribution is 2.09. The second-order valence-corrected chi connectivity index (χ2v) is 3.77. The van der Waals surface area contributed by atoms with Crippen LogP contribution >= 0.6 is 12.2 Å². The predicted molar refractivity (Wildman–Crippen MR) is 61.5 cm³/mol. The number of rotatable bonds is 3. The minimum absolute atomic E-state index is 0.274. The van der Waals surface area contributed by atoms with E-state index in [1.54, 1.807) is 12.4 Å². The lowest BCUT2D eigenvalue weighted by molar-refractivity contribution is 0.740. The fraction of sp³-hybridized carbons (Fsp3) is 0.444. The number of hydrogen-bond donors (Lipinski definition) is 1. The lowest BCUT2D eigenvalue weighted by Crippen LogP contribution is -2.27. The number of nitrogens with zero attached hydrogens (tertiary/aromatic N) is 3. The van der Waals surface area contributed by atoms with Crippen molar-refractivity contribution in [2.75, 3.05) is 11.9 Å². The zero-order valence-electron chi connectivity index (χ0n) is 8.56. The Bertz CT molecular complexity index is 320. The van der Waals surface area contributed by atoms with Crippen molar-refractivity contribution in [3.63, 3.8) is 0 Å². The van der Waals surface area contributed by atoms with Crippen molar-refractivity contribution >= 4 is 23.0 Å². The molecular formula is C9H14N4S. The molecule has 1 rings (SSSR count). The number of aromatic nitrogens is 2. The summed E-state index contributed by atoms with van der Waals surface area (Å²) >= 11 is 4.78. The maximum Gasteiger partial charge on any atom is 0.147 e. The molecule has 76 valence electrons. The monoisotopic (exact) mass is 210 g/mol. The summed E-state index contributed by atoms with van der Waals surface area (Å²) in [5.41, 5.74) is 5.97. The first-order valence-electron chi connectivity index (χ1n) is 4.37. The average molecular weight is 210 g/mol. The Kier molecular flexibility index (Phi) is 3.35. The van der Waals surface area contributed by atoms with Gasteiger partial charge in [-0.25, -0.2) is 9.97 Å². The first kappa shape index (κ1) is 10.8. The summed E-state index contributed by atoms with van der Waals surface area (Å²) in [6.07, 6.45) is 3.27. The topological polar surface area (TPSA) is 55.0 Å². The van der Waals surface area contributed by atoms with Crippen molar-refractivity contribution < 1.29 is 0 Å². The van der Waals surface area contributed by atoms with Gasteiger partial charge in [-0.2, -0.15) is 0 Å². The Labute approximate surface area is 89.2 Å². The van der Waals surface area contributed by atoms with Crippen LogP contribution in [-0.2, 0) is 0 Å². The molecule has 2 N–H and O–H groups in total.